The van der Waals surface area contributed by atoms with Crippen LogP contribution < -0.4 is 5.09 Å². The predicted molar refractivity (Wildman–Crippen MR) is 63.6 cm³/mol. The SMILES string of the molecule is CP(=O)(O)N[C@@H]1[C@@H](O)[C@H](O)[C@@H](COP(=O)(O)O)O[C@H]1O. The maximum absolute atomic E-state index is 11.2. The second-order valence-corrected chi connectivity index (χ2v) is 7.62. The molecule has 1 saturated heterocycles. The minimum absolute atomic E-state index is 0.783. The van der Waals surface area contributed by atoms with E-state index in [0.29, 0.717) is 0 Å². The van der Waals surface area contributed by atoms with E-state index in [2.05, 4.69) is 4.52 Å². The molecule has 1 unspecified atom stereocenters. The van der Waals surface area contributed by atoms with E-state index in [9.17, 15) is 24.4 Å². The van der Waals surface area contributed by atoms with Crippen LogP contribution in [0.5, 0.6) is 0 Å². The molecule has 7 N–H and O–H groups in total. The highest BCUT2D eigenvalue weighted by Crippen LogP contribution is 2.37. The second-order valence-electron chi connectivity index (χ2n) is 4.37. The monoisotopic (exact) mass is 337 g/mol. The molecular formula is C7H17NO10P2. The number of aliphatic hydroxyl groups is 3. The minimum Gasteiger partial charge on any atom is -0.388 e. The number of hydrogen-bond donors (Lipinski definition) is 7. The van der Waals surface area contributed by atoms with Crippen molar-refractivity contribution in [2.24, 2.45) is 0 Å². The summed E-state index contributed by atoms with van der Waals surface area (Å²) in [5.41, 5.74) is 0. The summed E-state index contributed by atoms with van der Waals surface area (Å²) in [6.45, 7) is 0.136. The maximum atomic E-state index is 11.2. The van der Waals surface area contributed by atoms with Crippen LogP contribution in [0.25, 0.3) is 0 Å². The van der Waals surface area contributed by atoms with Gasteiger partial charge in [-0.1, -0.05) is 0 Å². The average Bonchev–Trinajstić information content (AvgIpc) is 2.25. The van der Waals surface area contributed by atoms with Crippen LogP contribution in [-0.2, 0) is 18.4 Å². The van der Waals surface area contributed by atoms with Crippen molar-refractivity contribution in [3.05, 3.63) is 0 Å². The lowest BCUT2D eigenvalue weighted by atomic mass is 9.98. The van der Waals surface area contributed by atoms with Crippen molar-refractivity contribution in [1.29, 1.82) is 0 Å². The fraction of sp³-hybridized carbons (Fsp3) is 1.00. The Hall–Kier alpha value is 0.1000. The van der Waals surface area contributed by atoms with Crippen molar-refractivity contribution in [3.63, 3.8) is 0 Å². The lowest BCUT2D eigenvalue weighted by Gasteiger charge is -2.41. The summed E-state index contributed by atoms with van der Waals surface area (Å²) in [5, 5.41) is 31.0. The zero-order valence-corrected chi connectivity index (χ0v) is 12.1. The van der Waals surface area contributed by atoms with Gasteiger partial charge in [0, 0.05) is 6.66 Å². The molecule has 1 heterocycles. The third-order valence-corrected chi connectivity index (χ3v) is 3.78. The molecule has 0 radical (unpaired) electrons. The van der Waals surface area contributed by atoms with Gasteiger partial charge in [-0.25, -0.2) is 9.65 Å². The summed E-state index contributed by atoms with van der Waals surface area (Å²) in [6, 6.07) is -1.45. The summed E-state index contributed by atoms with van der Waals surface area (Å²) in [4.78, 5) is 26.2. The summed E-state index contributed by atoms with van der Waals surface area (Å²) in [7, 11) is -8.62. The van der Waals surface area contributed by atoms with Crippen LogP contribution in [0.15, 0.2) is 0 Å². The number of aliphatic hydroxyl groups excluding tert-OH is 3. The fourth-order valence-corrected chi connectivity index (χ4v) is 2.84. The summed E-state index contributed by atoms with van der Waals surface area (Å²) in [6.07, 6.45) is -6.58. The molecule has 11 nitrogen and oxygen atoms in total. The summed E-state index contributed by atoms with van der Waals surface area (Å²) in [5.74, 6) is 0. The smallest absolute Gasteiger partial charge is 0.388 e. The Kier molecular flexibility index (Phi) is 5.87. The fourth-order valence-electron chi connectivity index (χ4n) is 1.67. The molecule has 1 aliphatic rings. The lowest BCUT2D eigenvalue weighted by Crippen LogP contribution is -2.62. The van der Waals surface area contributed by atoms with Gasteiger partial charge in [-0.2, -0.15) is 0 Å². The summed E-state index contributed by atoms with van der Waals surface area (Å²) >= 11 is 0. The average molecular weight is 337 g/mol. The highest BCUT2D eigenvalue weighted by molar-refractivity contribution is 7.55. The molecule has 120 valence electrons. The Morgan fingerprint density at radius 1 is 1.15 bits per heavy atom. The highest BCUT2D eigenvalue weighted by Gasteiger charge is 2.45. The van der Waals surface area contributed by atoms with E-state index in [1.807, 2.05) is 5.09 Å². The third-order valence-electron chi connectivity index (χ3n) is 2.52. The van der Waals surface area contributed by atoms with Crippen LogP contribution in [0.2, 0.25) is 0 Å². The number of ether oxygens (including phenoxy) is 1. The van der Waals surface area contributed by atoms with Gasteiger partial charge in [-0.3, -0.25) is 9.09 Å². The van der Waals surface area contributed by atoms with E-state index >= 15 is 0 Å². The van der Waals surface area contributed by atoms with Crippen molar-refractivity contribution >= 4 is 15.3 Å². The first-order valence-corrected chi connectivity index (χ1v) is 9.02. The van der Waals surface area contributed by atoms with Gasteiger partial charge in [0.25, 0.3) is 7.52 Å². The number of phosphoric ester groups is 1. The normalized spacial score (nSPS) is 38.5. The van der Waals surface area contributed by atoms with Crippen LogP contribution >= 0.6 is 15.3 Å². The van der Waals surface area contributed by atoms with E-state index in [1.165, 1.54) is 0 Å². The molecule has 1 fully saturated rings. The van der Waals surface area contributed by atoms with Crippen molar-refractivity contribution in [1.82, 2.24) is 5.09 Å². The molecule has 0 saturated carbocycles. The van der Waals surface area contributed by atoms with Gasteiger partial charge in [0.05, 0.1) is 12.6 Å². The first kappa shape index (κ1) is 18.1. The van der Waals surface area contributed by atoms with Crippen LogP contribution in [0.4, 0.5) is 0 Å². The predicted octanol–water partition coefficient (Wildman–Crippen LogP) is -2.69. The van der Waals surface area contributed by atoms with Crippen molar-refractivity contribution in [2.45, 2.75) is 30.6 Å². The van der Waals surface area contributed by atoms with Crippen LogP contribution in [0, 0.1) is 0 Å². The quantitative estimate of drug-likeness (QED) is 0.259. The Morgan fingerprint density at radius 3 is 2.15 bits per heavy atom. The van der Waals surface area contributed by atoms with E-state index < -0.39 is 52.6 Å². The molecule has 20 heavy (non-hydrogen) atoms. The standard InChI is InChI=1S/C7H17NO10P2/c1-19(12,13)8-4-6(10)5(9)3(18-7(4)11)2-17-20(14,15)16/h3-7,9-11H,2H2,1H3,(H2,8,12,13)(H2,14,15,16)/t3-,4-,5-,6-,7-/m1/s1. The number of hydrogen-bond acceptors (Lipinski definition) is 7. The molecule has 0 aliphatic carbocycles. The molecule has 0 aromatic carbocycles. The summed E-state index contributed by atoms with van der Waals surface area (Å²) < 4.78 is 30.6. The van der Waals surface area contributed by atoms with Crippen molar-refractivity contribution < 1.29 is 48.4 Å². The van der Waals surface area contributed by atoms with Gasteiger partial charge in [0.1, 0.15) is 18.3 Å². The van der Waals surface area contributed by atoms with E-state index in [-0.39, 0.29) is 0 Å². The topological polar surface area (TPSA) is 186 Å². The van der Waals surface area contributed by atoms with E-state index in [1.54, 1.807) is 0 Å². The third kappa shape index (κ3) is 5.47. The van der Waals surface area contributed by atoms with Gasteiger partial charge < -0.3 is 34.7 Å². The van der Waals surface area contributed by atoms with Crippen molar-refractivity contribution in [3.8, 4) is 0 Å². The first-order valence-electron chi connectivity index (χ1n) is 5.38. The Bertz CT molecular complexity index is 418. The molecule has 0 aromatic rings. The van der Waals surface area contributed by atoms with Crippen LogP contribution in [0.3, 0.4) is 0 Å². The maximum Gasteiger partial charge on any atom is 0.469 e. The largest absolute Gasteiger partial charge is 0.469 e. The van der Waals surface area contributed by atoms with E-state index in [0.717, 1.165) is 6.66 Å². The Balaban J connectivity index is 2.71. The highest BCUT2D eigenvalue weighted by atomic mass is 31.2. The minimum atomic E-state index is -4.80. The molecule has 0 amide bonds. The van der Waals surface area contributed by atoms with Gasteiger partial charge in [-0.05, 0) is 0 Å². The first-order chi connectivity index (χ1) is 8.91. The molecule has 0 spiro atoms. The Morgan fingerprint density at radius 2 is 1.70 bits per heavy atom. The number of phosphoric acid groups is 1. The zero-order valence-electron chi connectivity index (χ0n) is 10.3. The lowest BCUT2D eigenvalue weighted by molar-refractivity contribution is -0.250. The molecule has 0 aromatic heterocycles. The van der Waals surface area contributed by atoms with Gasteiger partial charge in [0.15, 0.2) is 6.29 Å². The molecule has 6 atom stereocenters. The second kappa shape index (κ2) is 6.47. The van der Waals surface area contributed by atoms with Crippen LogP contribution in [-0.4, -0.2) is 73.9 Å². The molecule has 1 aliphatic heterocycles. The molecule has 0 bridgehead atoms. The zero-order chi connectivity index (χ0) is 15.7. The van der Waals surface area contributed by atoms with Crippen molar-refractivity contribution in [2.75, 3.05) is 13.3 Å². The molecule has 13 heteroatoms. The number of nitrogens with one attached hydrogen (secondary N) is 1. The number of rotatable bonds is 5. The Labute approximate surface area is 113 Å². The molecular weight excluding hydrogens is 320 g/mol. The van der Waals surface area contributed by atoms with Crippen LogP contribution in [0.1, 0.15) is 0 Å². The van der Waals surface area contributed by atoms with E-state index in [4.69, 9.17) is 19.4 Å². The molecule has 1 rings (SSSR count). The van der Waals surface area contributed by atoms with Gasteiger partial charge in [-0.15, -0.1) is 0 Å². The van der Waals surface area contributed by atoms with Gasteiger partial charge in [0.2, 0.25) is 0 Å². The van der Waals surface area contributed by atoms with Gasteiger partial charge >= 0.3 is 7.82 Å².